The van der Waals surface area contributed by atoms with E-state index in [-0.39, 0.29) is 12.8 Å². The number of para-hydroxylation sites is 2. The molecule has 0 aliphatic heterocycles. The number of nitrogens with zero attached hydrogens (tertiary/aromatic N) is 2. The minimum absolute atomic E-state index is 0.0722. The average Bonchev–Trinajstić information content (AvgIpc) is 3.29. The number of benzene rings is 2. The lowest BCUT2D eigenvalue weighted by Crippen LogP contribution is -2.29. The molecule has 5 rings (SSSR count). The molecule has 0 amide bonds. The Hall–Kier alpha value is -2.96. The van der Waals surface area contributed by atoms with Gasteiger partial charge < -0.3 is 14.9 Å². The first kappa shape index (κ1) is 19.0. The predicted molar refractivity (Wildman–Crippen MR) is 113 cm³/mol. The van der Waals surface area contributed by atoms with Gasteiger partial charge in [0.15, 0.2) is 0 Å². The highest BCUT2D eigenvalue weighted by atomic mass is 19.4. The van der Waals surface area contributed by atoms with Gasteiger partial charge in [-0.15, -0.1) is 0 Å². The van der Waals surface area contributed by atoms with Gasteiger partial charge in [0.25, 0.3) is 0 Å². The van der Waals surface area contributed by atoms with Gasteiger partial charge in [-0.05, 0) is 61.6 Å². The fraction of sp³-hybridized carbons (Fsp3) is 0.348. The second-order valence-electron chi connectivity index (χ2n) is 7.96. The Balaban J connectivity index is 1.46. The van der Waals surface area contributed by atoms with Crippen LogP contribution in [0.2, 0.25) is 0 Å². The zero-order valence-electron chi connectivity index (χ0n) is 16.7. The molecule has 0 radical (unpaired) electrons. The van der Waals surface area contributed by atoms with Gasteiger partial charge in [-0.2, -0.15) is 13.2 Å². The summed E-state index contributed by atoms with van der Waals surface area (Å²) in [4.78, 5) is 7.76. The van der Waals surface area contributed by atoms with Crippen molar-refractivity contribution in [3.63, 3.8) is 0 Å². The molecule has 156 valence electrons. The predicted octanol–water partition coefficient (Wildman–Crippen LogP) is 5.82. The van der Waals surface area contributed by atoms with E-state index in [2.05, 4.69) is 19.9 Å². The molecule has 1 atom stereocenters. The lowest BCUT2D eigenvalue weighted by molar-refractivity contribution is -0.177. The summed E-state index contributed by atoms with van der Waals surface area (Å²) >= 11 is 0. The van der Waals surface area contributed by atoms with Gasteiger partial charge in [-0.1, -0.05) is 18.2 Å². The summed E-state index contributed by atoms with van der Waals surface area (Å²) in [7, 11) is 0. The first-order valence-electron chi connectivity index (χ1n) is 10.3. The number of rotatable bonds is 4. The van der Waals surface area contributed by atoms with Gasteiger partial charge in [-0.3, -0.25) is 0 Å². The molecule has 2 N–H and O–H groups in total. The maximum absolute atomic E-state index is 13.4. The number of halogens is 3. The average molecular weight is 412 g/mol. The van der Waals surface area contributed by atoms with Crippen molar-refractivity contribution >= 4 is 27.9 Å². The van der Waals surface area contributed by atoms with Crippen LogP contribution in [0.15, 0.2) is 42.5 Å². The molecule has 4 nitrogen and oxygen atoms in total. The minimum Gasteiger partial charge on any atom is -0.352 e. The van der Waals surface area contributed by atoms with Crippen molar-refractivity contribution in [2.24, 2.45) is 5.92 Å². The van der Waals surface area contributed by atoms with Gasteiger partial charge in [0, 0.05) is 29.7 Å². The largest absolute Gasteiger partial charge is 0.392 e. The molecule has 0 spiro atoms. The van der Waals surface area contributed by atoms with Gasteiger partial charge in [-0.25, -0.2) is 4.98 Å². The molecule has 0 saturated heterocycles. The summed E-state index contributed by atoms with van der Waals surface area (Å²) < 4.78 is 42.3. The number of fused-ring (bicyclic) bond motifs is 4. The minimum atomic E-state index is -4.14. The Morgan fingerprint density at radius 2 is 2.03 bits per heavy atom. The van der Waals surface area contributed by atoms with Crippen molar-refractivity contribution < 1.29 is 13.2 Å². The smallest absolute Gasteiger partial charge is 0.352 e. The molecular formula is C23H23F3N4. The number of hydrogen-bond donors (Lipinski definition) is 2. The Bertz CT molecular complexity index is 1190. The number of H-pyrrole nitrogens is 1. The van der Waals surface area contributed by atoms with Crippen molar-refractivity contribution in [1.82, 2.24) is 14.5 Å². The molecule has 0 fully saturated rings. The van der Waals surface area contributed by atoms with Crippen LogP contribution >= 0.6 is 0 Å². The number of aromatic amines is 1. The number of aromatic nitrogens is 3. The summed E-state index contributed by atoms with van der Waals surface area (Å²) in [6, 6.07) is 13.9. The Morgan fingerprint density at radius 3 is 2.80 bits per heavy atom. The second-order valence-corrected chi connectivity index (χ2v) is 7.96. The molecule has 1 aliphatic rings. The number of nitrogens with one attached hydrogen (secondary N) is 2. The third-order valence-electron chi connectivity index (χ3n) is 6.16. The van der Waals surface area contributed by atoms with E-state index in [1.165, 1.54) is 0 Å². The molecule has 2 aromatic heterocycles. The van der Waals surface area contributed by atoms with E-state index in [0.29, 0.717) is 18.9 Å². The van der Waals surface area contributed by atoms with E-state index in [1.807, 2.05) is 49.4 Å². The fourth-order valence-electron chi connectivity index (χ4n) is 4.67. The van der Waals surface area contributed by atoms with Crippen LogP contribution in [-0.4, -0.2) is 20.7 Å². The second kappa shape index (κ2) is 7.07. The normalized spacial score (nSPS) is 16.9. The molecule has 2 aromatic carbocycles. The van der Waals surface area contributed by atoms with Gasteiger partial charge in [0.1, 0.15) is 0 Å². The molecule has 1 unspecified atom stereocenters. The summed E-state index contributed by atoms with van der Waals surface area (Å²) in [5, 5.41) is 4.24. The highest BCUT2D eigenvalue weighted by Crippen LogP contribution is 2.41. The summed E-state index contributed by atoms with van der Waals surface area (Å²) in [5.74, 6) is -0.570. The third-order valence-corrected chi connectivity index (χ3v) is 6.16. The zero-order valence-corrected chi connectivity index (χ0v) is 16.7. The fourth-order valence-corrected chi connectivity index (χ4v) is 4.67. The summed E-state index contributed by atoms with van der Waals surface area (Å²) in [5.41, 5.74) is 5.83. The van der Waals surface area contributed by atoms with Crippen LogP contribution in [-0.2, 0) is 25.9 Å². The molecule has 2 heterocycles. The number of alkyl halides is 3. The molecule has 0 saturated carbocycles. The molecule has 7 heteroatoms. The Morgan fingerprint density at radius 1 is 1.20 bits per heavy atom. The molecule has 1 aliphatic carbocycles. The summed E-state index contributed by atoms with van der Waals surface area (Å²) in [6.07, 6.45) is -3.41. The highest BCUT2D eigenvalue weighted by Gasteiger charge is 2.42. The van der Waals surface area contributed by atoms with Gasteiger partial charge in [0.05, 0.1) is 17.0 Å². The maximum Gasteiger partial charge on any atom is 0.392 e. The van der Waals surface area contributed by atoms with Crippen LogP contribution in [0.1, 0.15) is 30.2 Å². The van der Waals surface area contributed by atoms with Crippen molar-refractivity contribution in [1.29, 1.82) is 0 Å². The van der Waals surface area contributed by atoms with E-state index in [1.54, 1.807) is 0 Å². The van der Waals surface area contributed by atoms with Crippen LogP contribution in [0.3, 0.4) is 0 Å². The van der Waals surface area contributed by atoms with Crippen LogP contribution in [0.5, 0.6) is 0 Å². The quantitative estimate of drug-likeness (QED) is 0.444. The highest BCUT2D eigenvalue weighted by molar-refractivity contribution is 5.87. The summed E-state index contributed by atoms with van der Waals surface area (Å²) in [6.45, 7) is 3.36. The van der Waals surface area contributed by atoms with Crippen LogP contribution in [0, 0.1) is 5.92 Å². The number of aryl methyl sites for hydroxylation is 1. The first-order chi connectivity index (χ1) is 14.4. The van der Waals surface area contributed by atoms with Gasteiger partial charge in [0.2, 0.25) is 5.95 Å². The maximum atomic E-state index is 13.4. The van der Waals surface area contributed by atoms with Crippen molar-refractivity contribution in [2.75, 3.05) is 5.32 Å². The first-order valence-corrected chi connectivity index (χ1v) is 10.3. The van der Waals surface area contributed by atoms with Gasteiger partial charge >= 0.3 is 6.18 Å². The van der Waals surface area contributed by atoms with Crippen molar-refractivity contribution in [3.8, 4) is 0 Å². The van der Waals surface area contributed by atoms with E-state index >= 15 is 0 Å². The number of imidazole rings is 1. The van der Waals surface area contributed by atoms with E-state index < -0.39 is 12.1 Å². The molecule has 4 aromatic rings. The Labute approximate surface area is 172 Å². The van der Waals surface area contributed by atoms with Crippen molar-refractivity contribution in [3.05, 3.63) is 59.3 Å². The standard InChI is InChI=1S/C23H23F3N4/c1-2-30-20-9-7-14(13-27-22-28-18-5-3-4-6-19(18)29-22)11-16(20)17-12-15(23(24,25)26)8-10-21(17)30/h3-7,9,11,15H,2,8,10,12-13H2,1H3,(H2,27,28,29). The van der Waals surface area contributed by atoms with E-state index in [4.69, 9.17) is 0 Å². The van der Waals surface area contributed by atoms with Crippen molar-refractivity contribution in [2.45, 2.75) is 45.5 Å². The van der Waals surface area contributed by atoms with Crippen LogP contribution < -0.4 is 5.32 Å². The lowest BCUT2D eigenvalue weighted by atomic mass is 9.85. The lowest BCUT2D eigenvalue weighted by Gasteiger charge is -2.25. The topological polar surface area (TPSA) is 45.6 Å². The van der Waals surface area contributed by atoms with Crippen LogP contribution in [0.4, 0.5) is 19.1 Å². The number of hydrogen-bond acceptors (Lipinski definition) is 2. The SMILES string of the molecule is CCn1c2c(c3cc(CNc4nc5ccccc5[nH]4)ccc31)CC(C(F)(F)F)CC2. The van der Waals surface area contributed by atoms with E-state index in [0.717, 1.165) is 45.3 Å². The molecular weight excluding hydrogens is 389 g/mol. The van der Waals surface area contributed by atoms with E-state index in [9.17, 15) is 13.2 Å². The molecule has 30 heavy (non-hydrogen) atoms. The molecule has 0 bridgehead atoms. The third kappa shape index (κ3) is 3.22. The Kier molecular flexibility index (Phi) is 4.49. The van der Waals surface area contributed by atoms with Crippen LogP contribution in [0.25, 0.3) is 21.9 Å². The number of anilines is 1. The monoisotopic (exact) mass is 412 g/mol. The zero-order chi connectivity index (χ0) is 20.9.